The number of nitrogens with zero attached hydrogens (tertiary/aromatic N) is 2. The van der Waals surface area contributed by atoms with Gasteiger partial charge in [-0.05, 0) is 47.0 Å². The van der Waals surface area contributed by atoms with Crippen LogP contribution in [0.2, 0.25) is 0 Å². The topological polar surface area (TPSA) is 60.5 Å². The molecule has 2 aromatic rings. The molecule has 0 aliphatic carbocycles. The van der Waals surface area contributed by atoms with E-state index >= 15 is 0 Å². The second kappa shape index (κ2) is 7.53. The normalized spacial score (nSPS) is 11.1. The number of para-hydroxylation sites is 1. The van der Waals surface area contributed by atoms with E-state index in [2.05, 4.69) is 23.6 Å². The van der Waals surface area contributed by atoms with Gasteiger partial charge in [0.1, 0.15) is 5.75 Å². The predicted octanol–water partition coefficient (Wildman–Crippen LogP) is 2.83. The molecule has 1 aromatic heterocycles. The highest BCUT2D eigenvalue weighted by molar-refractivity contribution is 6.02. The fraction of sp³-hybridized carbons (Fsp3) is 0.421. The molecule has 1 amide bonds. The van der Waals surface area contributed by atoms with Crippen molar-refractivity contribution >= 4 is 5.91 Å². The van der Waals surface area contributed by atoms with Gasteiger partial charge in [0, 0.05) is 29.1 Å². The molecule has 5 nitrogen and oxygen atoms in total. The molecule has 5 heteroatoms. The number of aromatic nitrogens is 1. The number of ether oxygens (including phenoxy) is 1. The van der Waals surface area contributed by atoms with Crippen LogP contribution in [0.5, 0.6) is 5.75 Å². The van der Waals surface area contributed by atoms with Crippen LogP contribution in [-0.2, 0) is 6.54 Å². The summed E-state index contributed by atoms with van der Waals surface area (Å²) in [6.45, 7) is 5.84. The predicted molar refractivity (Wildman–Crippen MR) is 97.6 cm³/mol. The highest BCUT2D eigenvalue weighted by Gasteiger charge is 2.24. The number of carbonyl (C=O) groups excluding carboxylic acids is 1. The van der Waals surface area contributed by atoms with E-state index in [1.807, 2.05) is 38.1 Å². The van der Waals surface area contributed by atoms with E-state index in [0.29, 0.717) is 5.56 Å². The van der Waals surface area contributed by atoms with Crippen molar-refractivity contribution in [3.05, 3.63) is 41.2 Å². The van der Waals surface area contributed by atoms with Crippen LogP contribution in [-0.4, -0.2) is 43.1 Å². The van der Waals surface area contributed by atoms with Gasteiger partial charge in [0.05, 0.1) is 12.7 Å². The first kappa shape index (κ1) is 18.1. The van der Waals surface area contributed by atoms with Crippen molar-refractivity contribution < 1.29 is 9.53 Å². The average Bonchev–Trinajstić information content (AvgIpc) is 2.78. The summed E-state index contributed by atoms with van der Waals surface area (Å²) >= 11 is 0. The van der Waals surface area contributed by atoms with E-state index in [9.17, 15) is 4.79 Å². The molecule has 0 radical (unpaired) electrons. The number of rotatable bonds is 7. The van der Waals surface area contributed by atoms with Gasteiger partial charge in [-0.15, -0.1) is 0 Å². The lowest BCUT2D eigenvalue weighted by atomic mass is 9.99. The summed E-state index contributed by atoms with van der Waals surface area (Å²) in [6.07, 6.45) is 1.01. The van der Waals surface area contributed by atoms with E-state index < -0.39 is 5.91 Å². The summed E-state index contributed by atoms with van der Waals surface area (Å²) in [5.74, 6) is 0.344. The smallest absolute Gasteiger partial charge is 0.251 e. The standard InChI is InChI=1S/C19H27N3O2/c1-13-17(15-9-6-7-10-16(15)24-5)18(19(20)23)14(2)22(13)12-8-11-21(3)4/h6-7,9-10H,8,11-12H2,1-5H3,(H2,20,23). The van der Waals surface area contributed by atoms with Crippen LogP contribution in [0.15, 0.2) is 24.3 Å². The van der Waals surface area contributed by atoms with Gasteiger partial charge in [0.2, 0.25) is 0 Å². The zero-order chi connectivity index (χ0) is 17.9. The number of hydrogen-bond acceptors (Lipinski definition) is 3. The first-order valence-corrected chi connectivity index (χ1v) is 8.16. The molecule has 24 heavy (non-hydrogen) atoms. The molecule has 2 N–H and O–H groups in total. The quantitative estimate of drug-likeness (QED) is 0.850. The minimum atomic E-state index is -0.400. The van der Waals surface area contributed by atoms with Crippen molar-refractivity contribution in [2.45, 2.75) is 26.8 Å². The third-order valence-electron chi connectivity index (χ3n) is 4.39. The number of amides is 1. The molecule has 0 aliphatic rings. The van der Waals surface area contributed by atoms with Crippen LogP contribution in [0.1, 0.15) is 28.2 Å². The van der Waals surface area contributed by atoms with Gasteiger partial charge in [-0.1, -0.05) is 18.2 Å². The highest BCUT2D eigenvalue weighted by Crippen LogP contribution is 2.37. The molecular weight excluding hydrogens is 302 g/mol. The second-order valence-corrected chi connectivity index (χ2v) is 6.29. The molecule has 0 atom stereocenters. The lowest BCUT2D eigenvalue weighted by Gasteiger charge is -2.13. The van der Waals surface area contributed by atoms with Gasteiger partial charge in [-0.3, -0.25) is 4.79 Å². The summed E-state index contributed by atoms with van der Waals surface area (Å²) in [6, 6.07) is 7.73. The van der Waals surface area contributed by atoms with Crippen LogP contribution in [0.25, 0.3) is 11.1 Å². The number of nitrogens with two attached hydrogens (primary N) is 1. The third kappa shape index (κ3) is 3.46. The Labute approximate surface area is 144 Å². The lowest BCUT2D eigenvalue weighted by Crippen LogP contribution is -2.16. The molecule has 130 valence electrons. The maximum Gasteiger partial charge on any atom is 0.251 e. The van der Waals surface area contributed by atoms with Crippen LogP contribution in [0.3, 0.4) is 0 Å². The molecule has 2 rings (SSSR count). The summed E-state index contributed by atoms with van der Waals surface area (Å²) in [5, 5.41) is 0. The molecule has 0 fully saturated rings. The Balaban J connectivity index is 2.56. The van der Waals surface area contributed by atoms with Crippen LogP contribution in [0.4, 0.5) is 0 Å². The highest BCUT2D eigenvalue weighted by atomic mass is 16.5. The fourth-order valence-electron chi connectivity index (χ4n) is 3.25. The molecule has 1 heterocycles. The van der Waals surface area contributed by atoms with Gasteiger partial charge >= 0.3 is 0 Å². The molecular formula is C19H27N3O2. The van der Waals surface area contributed by atoms with Gasteiger partial charge < -0.3 is 19.9 Å². The van der Waals surface area contributed by atoms with Crippen LogP contribution in [0, 0.1) is 13.8 Å². The molecule has 0 bridgehead atoms. The molecule has 0 saturated heterocycles. The van der Waals surface area contributed by atoms with E-state index in [1.54, 1.807) is 7.11 Å². The Kier molecular flexibility index (Phi) is 5.67. The first-order valence-electron chi connectivity index (χ1n) is 8.16. The molecule has 0 unspecified atom stereocenters. The largest absolute Gasteiger partial charge is 0.496 e. The Bertz CT molecular complexity index is 732. The summed E-state index contributed by atoms with van der Waals surface area (Å²) in [7, 11) is 5.76. The van der Waals surface area contributed by atoms with Crippen LogP contribution < -0.4 is 10.5 Å². The zero-order valence-corrected chi connectivity index (χ0v) is 15.2. The summed E-state index contributed by atoms with van der Waals surface area (Å²) < 4.78 is 7.67. The summed E-state index contributed by atoms with van der Waals surface area (Å²) in [4.78, 5) is 14.3. The van der Waals surface area contributed by atoms with Crippen molar-refractivity contribution in [3.63, 3.8) is 0 Å². The van der Waals surface area contributed by atoms with E-state index in [1.165, 1.54) is 0 Å². The lowest BCUT2D eigenvalue weighted by molar-refractivity contribution is 0.1000. The number of carbonyl (C=O) groups is 1. The molecule has 0 saturated carbocycles. The minimum Gasteiger partial charge on any atom is -0.496 e. The first-order chi connectivity index (χ1) is 11.4. The molecule has 0 spiro atoms. The van der Waals surface area contributed by atoms with Crippen LogP contribution >= 0.6 is 0 Å². The van der Waals surface area contributed by atoms with E-state index in [-0.39, 0.29) is 0 Å². The maximum absolute atomic E-state index is 12.1. The Hall–Kier alpha value is -2.27. The van der Waals surface area contributed by atoms with Gasteiger partial charge in [0.15, 0.2) is 0 Å². The van der Waals surface area contributed by atoms with Gasteiger partial charge in [0.25, 0.3) is 5.91 Å². The van der Waals surface area contributed by atoms with E-state index in [4.69, 9.17) is 10.5 Å². The summed E-state index contributed by atoms with van der Waals surface area (Å²) in [5.41, 5.74) is 10.0. The number of hydrogen-bond donors (Lipinski definition) is 1. The zero-order valence-electron chi connectivity index (χ0n) is 15.2. The molecule has 1 aromatic carbocycles. The van der Waals surface area contributed by atoms with Crippen molar-refractivity contribution in [3.8, 4) is 16.9 Å². The second-order valence-electron chi connectivity index (χ2n) is 6.29. The SMILES string of the molecule is COc1ccccc1-c1c(C(N)=O)c(C)n(CCCN(C)C)c1C. The van der Waals surface area contributed by atoms with Crippen molar-refractivity contribution in [1.82, 2.24) is 9.47 Å². The van der Waals surface area contributed by atoms with Gasteiger partial charge in [-0.2, -0.15) is 0 Å². The van der Waals surface area contributed by atoms with Crippen molar-refractivity contribution in [2.75, 3.05) is 27.7 Å². The number of primary amides is 1. The average molecular weight is 329 g/mol. The van der Waals surface area contributed by atoms with Crippen molar-refractivity contribution in [2.24, 2.45) is 5.73 Å². The number of methoxy groups -OCH3 is 1. The maximum atomic E-state index is 12.1. The third-order valence-corrected chi connectivity index (χ3v) is 4.39. The monoisotopic (exact) mass is 329 g/mol. The Morgan fingerprint density at radius 3 is 2.46 bits per heavy atom. The fourth-order valence-corrected chi connectivity index (χ4v) is 3.25. The number of benzene rings is 1. The molecule has 0 aliphatic heterocycles. The Morgan fingerprint density at radius 1 is 1.21 bits per heavy atom. The van der Waals surface area contributed by atoms with E-state index in [0.717, 1.165) is 47.8 Å². The van der Waals surface area contributed by atoms with Gasteiger partial charge in [-0.25, -0.2) is 0 Å². The minimum absolute atomic E-state index is 0.400. The Morgan fingerprint density at radius 2 is 1.88 bits per heavy atom. The van der Waals surface area contributed by atoms with Crippen molar-refractivity contribution in [1.29, 1.82) is 0 Å².